The van der Waals surface area contributed by atoms with Gasteiger partial charge in [0.25, 0.3) is 0 Å². The van der Waals surface area contributed by atoms with Crippen molar-refractivity contribution < 1.29 is 4.79 Å². The number of urea groups is 1. The number of nitrogens with zero attached hydrogens (tertiary/aromatic N) is 4. The highest BCUT2D eigenvalue weighted by Crippen LogP contribution is 2.23. The summed E-state index contributed by atoms with van der Waals surface area (Å²) in [5.41, 5.74) is 2.07. The van der Waals surface area contributed by atoms with Gasteiger partial charge in [-0.1, -0.05) is 25.1 Å². The molecule has 0 atom stereocenters. The van der Waals surface area contributed by atoms with E-state index in [4.69, 9.17) is 0 Å². The van der Waals surface area contributed by atoms with Crippen molar-refractivity contribution in [3.63, 3.8) is 0 Å². The summed E-state index contributed by atoms with van der Waals surface area (Å²) in [5, 5.41) is 11.2. The van der Waals surface area contributed by atoms with Gasteiger partial charge < -0.3 is 14.8 Å². The Balaban J connectivity index is 1.53. The quantitative estimate of drug-likeness (QED) is 0.917. The van der Waals surface area contributed by atoms with Crippen LogP contribution in [0.25, 0.3) is 0 Å². The van der Waals surface area contributed by atoms with Gasteiger partial charge in [-0.2, -0.15) is 0 Å². The molecule has 0 bridgehead atoms. The molecule has 24 heavy (non-hydrogen) atoms. The average molecular weight is 327 g/mol. The predicted octanol–water partition coefficient (Wildman–Crippen LogP) is 3.13. The molecule has 0 aliphatic carbocycles. The Bertz CT molecular complexity index is 703. The van der Waals surface area contributed by atoms with Gasteiger partial charge in [0.05, 0.1) is 0 Å². The first-order valence-corrected chi connectivity index (χ1v) is 8.60. The summed E-state index contributed by atoms with van der Waals surface area (Å²) >= 11 is 0. The van der Waals surface area contributed by atoms with Gasteiger partial charge in [-0.3, -0.25) is 0 Å². The standard InChI is InChI=1S/C18H25N5O/c1-4-15-7-5-6-8-16(15)20-18(24)22-10-14(11-22)9-17-21-19-12-23(17)13(2)3/h5-8,12-14H,4,9-11H2,1-3H3,(H,20,24). The molecule has 1 fully saturated rings. The molecule has 3 rings (SSSR count). The van der Waals surface area contributed by atoms with E-state index in [0.29, 0.717) is 12.0 Å². The highest BCUT2D eigenvalue weighted by molar-refractivity contribution is 5.90. The van der Waals surface area contributed by atoms with Crippen LogP contribution in [0.2, 0.25) is 0 Å². The third kappa shape index (κ3) is 3.42. The Morgan fingerprint density at radius 3 is 2.79 bits per heavy atom. The molecule has 6 heteroatoms. The second-order valence-electron chi connectivity index (χ2n) is 6.66. The maximum absolute atomic E-state index is 12.4. The van der Waals surface area contributed by atoms with E-state index in [1.54, 1.807) is 6.33 Å². The normalized spacial score (nSPS) is 14.8. The van der Waals surface area contributed by atoms with E-state index in [-0.39, 0.29) is 6.03 Å². The zero-order valence-electron chi connectivity index (χ0n) is 14.6. The molecular formula is C18H25N5O. The van der Waals surface area contributed by atoms with E-state index in [1.807, 2.05) is 29.2 Å². The lowest BCUT2D eigenvalue weighted by Gasteiger charge is -2.39. The van der Waals surface area contributed by atoms with Crippen LogP contribution in [0.5, 0.6) is 0 Å². The van der Waals surface area contributed by atoms with Gasteiger partial charge >= 0.3 is 6.03 Å². The summed E-state index contributed by atoms with van der Waals surface area (Å²) in [5.74, 6) is 1.46. The molecule has 6 nitrogen and oxygen atoms in total. The molecule has 1 aromatic carbocycles. The smallest absolute Gasteiger partial charge is 0.321 e. The minimum atomic E-state index is -0.0162. The lowest BCUT2D eigenvalue weighted by molar-refractivity contribution is 0.129. The Labute approximate surface area is 142 Å². The van der Waals surface area contributed by atoms with Crippen LogP contribution in [-0.4, -0.2) is 38.8 Å². The van der Waals surface area contributed by atoms with Gasteiger partial charge in [-0.15, -0.1) is 10.2 Å². The average Bonchev–Trinajstić information content (AvgIpc) is 2.99. The van der Waals surface area contributed by atoms with Crippen molar-refractivity contribution in [1.82, 2.24) is 19.7 Å². The number of amides is 2. The second kappa shape index (κ2) is 7.03. The maximum atomic E-state index is 12.4. The number of benzene rings is 1. The number of hydrogen-bond donors (Lipinski definition) is 1. The van der Waals surface area contributed by atoms with E-state index < -0.39 is 0 Å². The van der Waals surface area contributed by atoms with Crippen molar-refractivity contribution in [3.8, 4) is 0 Å². The van der Waals surface area contributed by atoms with Crippen LogP contribution < -0.4 is 5.32 Å². The molecular weight excluding hydrogens is 302 g/mol. The second-order valence-corrected chi connectivity index (χ2v) is 6.66. The number of carbonyl (C=O) groups excluding carboxylic acids is 1. The van der Waals surface area contributed by atoms with E-state index in [1.165, 1.54) is 0 Å². The van der Waals surface area contributed by atoms with Gasteiger partial charge in [0.15, 0.2) is 0 Å². The molecule has 0 unspecified atom stereocenters. The summed E-state index contributed by atoms with van der Waals surface area (Å²) in [6.07, 6.45) is 3.56. The summed E-state index contributed by atoms with van der Waals surface area (Å²) in [4.78, 5) is 14.2. The van der Waals surface area contributed by atoms with Crippen LogP contribution >= 0.6 is 0 Å². The maximum Gasteiger partial charge on any atom is 0.321 e. The number of aromatic nitrogens is 3. The first kappa shape index (κ1) is 16.5. The molecule has 1 aromatic heterocycles. The number of nitrogens with one attached hydrogen (secondary N) is 1. The molecule has 0 spiro atoms. The lowest BCUT2D eigenvalue weighted by atomic mass is 9.96. The van der Waals surface area contributed by atoms with Gasteiger partial charge in [-0.25, -0.2) is 4.79 Å². The number of para-hydroxylation sites is 1. The SMILES string of the molecule is CCc1ccccc1NC(=O)N1CC(Cc2nncn2C(C)C)C1. The molecule has 1 N–H and O–H groups in total. The fraction of sp³-hybridized carbons (Fsp3) is 0.500. The summed E-state index contributed by atoms with van der Waals surface area (Å²) in [6.45, 7) is 7.88. The first-order chi connectivity index (χ1) is 11.6. The highest BCUT2D eigenvalue weighted by Gasteiger charge is 2.32. The first-order valence-electron chi connectivity index (χ1n) is 8.60. The number of rotatable bonds is 5. The van der Waals surface area contributed by atoms with Crippen LogP contribution in [0.3, 0.4) is 0 Å². The topological polar surface area (TPSA) is 63.1 Å². The zero-order chi connectivity index (χ0) is 17.1. The van der Waals surface area contributed by atoms with Crippen molar-refractivity contribution in [2.75, 3.05) is 18.4 Å². The van der Waals surface area contributed by atoms with E-state index in [2.05, 4.69) is 40.9 Å². The monoisotopic (exact) mass is 327 g/mol. The third-order valence-electron chi connectivity index (χ3n) is 4.56. The molecule has 2 aromatic rings. The molecule has 1 saturated heterocycles. The fourth-order valence-electron chi connectivity index (χ4n) is 3.11. The minimum absolute atomic E-state index is 0.0162. The van der Waals surface area contributed by atoms with Crippen molar-refractivity contribution in [3.05, 3.63) is 42.0 Å². The molecule has 1 aliphatic heterocycles. The molecule has 0 radical (unpaired) electrons. The van der Waals surface area contributed by atoms with E-state index >= 15 is 0 Å². The molecule has 128 valence electrons. The predicted molar refractivity (Wildman–Crippen MR) is 94.0 cm³/mol. The van der Waals surface area contributed by atoms with E-state index in [9.17, 15) is 4.79 Å². The zero-order valence-corrected chi connectivity index (χ0v) is 14.6. The van der Waals surface area contributed by atoms with Crippen LogP contribution in [0.4, 0.5) is 10.5 Å². The van der Waals surface area contributed by atoms with Gasteiger partial charge in [-0.05, 0) is 31.9 Å². The largest absolute Gasteiger partial charge is 0.324 e. The van der Waals surface area contributed by atoms with Crippen LogP contribution in [0.15, 0.2) is 30.6 Å². The fourth-order valence-corrected chi connectivity index (χ4v) is 3.11. The summed E-state index contributed by atoms with van der Waals surface area (Å²) < 4.78 is 2.10. The molecule has 0 saturated carbocycles. The lowest BCUT2D eigenvalue weighted by Crippen LogP contribution is -2.52. The Morgan fingerprint density at radius 2 is 2.08 bits per heavy atom. The number of likely N-dealkylation sites (tertiary alicyclic amines) is 1. The Morgan fingerprint density at radius 1 is 1.33 bits per heavy atom. The van der Waals surface area contributed by atoms with Gasteiger partial charge in [0, 0.05) is 37.2 Å². The molecule has 1 aliphatic rings. The molecule has 2 amide bonds. The van der Waals surface area contributed by atoms with Crippen molar-refractivity contribution >= 4 is 11.7 Å². The van der Waals surface area contributed by atoms with Crippen molar-refractivity contribution in [2.45, 2.75) is 39.7 Å². The summed E-state index contributed by atoms with van der Waals surface area (Å²) in [6, 6.07) is 8.30. The third-order valence-corrected chi connectivity index (χ3v) is 4.56. The number of carbonyl (C=O) groups is 1. The van der Waals surface area contributed by atoms with Crippen molar-refractivity contribution in [2.24, 2.45) is 5.92 Å². The number of anilines is 1. The van der Waals surface area contributed by atoms with Crippen molar-refractivity contribution in [1.29, 1.82) is 0 Å². The minimum Gasteiger partial charge on any atom is -0.324 e. The van der Waals surface area contributed by atoms with Crippen LogP contribution in [0.1, 0.15) is 38.2 Å². The Kier molecular flexibility index (Phi) is 4.83. The van der Waals surface area contributed by atoms with E-state index in [0.717, 1.165) is 43.0 Å². The van der Waals surface area contributed by atoms with Gasteiger partial charge in [0.1, 0.15) is 12.2 Å². The summed E-state index contributed by atoms with van der Waals surface area (Å²) in [7, 11) is 0. The number of hydrogen-bond acceptors (Lipinski definition) is 3. The number of aryl methyl sites for hydroxylation is 1. The van der Waals surface area contributed by atoms with Gasteiger partial charge in [0.2, 0.25) is 0 Å². The Hall–Kier alpha value is -2.37. The molecule has 2 heterocycles. The van der Waals surface area contributed by atoms with Crippen LogP contribution in [0, 0.1) is 5.92 Å². The van der Waals surface area contributed by atoms with Crippen LogP contribution in [-0.2, 0) is 12.8 Å². The highest BCUT2D eigenvalue weighted by atomic mass is 16.2.